The third-order valence-electron chi connectivity index (χ3n) is 4.16. The van der Waals surface area contributed by atoms with Gasteiger partial charge in [-0.2, -0.15) is 0 Å². The third-order valence-corrected chi connectivity index (χ3v) is 4.16. The fourth-order valence-corrected chi connectivity index (χ4v) is 3.04. The maximum Gasteiger partial charge on any atom is 0.0467 e. The van der Waals surface area contributed by atoms with Crippen molar-refractivity contribution in [2.24, 2.45) is 23.2 Å². The minimum atomic E-state index is 0.349. The minimum absolute atomic E-state index is 0.349. The molecule has 0 spiro atoms. The van der Waals surface area contributed by atoms with Gasteiger partial charge in [-0.15, -0.1) is 0 Å². The number of aliphatic hydroxyl groups excluding tert-OH is 1. The summed E-state index contributed by atoms with van der Waals surface area (Å²) in [7, 11) is 0. The molecule has 0 heterocycles. The summed E-state index contributed by atoms with van der Waals surface area (Å²) in [5, 5.41) is 9.45. The molecule has 1 aliphatic carbocycles. The fourth-order valence-electron chi connectivity index (χ4n) is 3.04. The molecule has 1 N–H and O–H groups in total. The Balaban J connectivity index is 2.77. The molecule has 1 nitrogen and oxygen atoms in total. The summed E-state index contributed by atoms with van der Waals surface area (Å²) in [5.74, 6) is 2.05. The second kappa shape index (κ2) is 4.00. The van der Waals surface area contributed by atoms with Crippen LogP contribution in [0.2, 0.25) is 0 Å². The second-order valence-corrected chi connectivity index (χ2v) is 5.37. The van der Waals surface area contributed by atoms with E-state index in [1.165, 1.54) is 19.3 Å². The van der Waals surface area contributed by atoms with Crippen LogP contribution in [0.4, 0.5) is 0 Å². The van der Waals surface area contributed by atoms with Crippen molar-refractivity contribution in [1.29, 1.82) is 0 Å². The topological polar surface area (TPSA) is 20.2 Å². The van der Waals surface area contributed by atoms with Crippen LogP contribution < -0.4 is 0 Å². The van der Waals surface area contributed by atoms with Gasteiger partial charge in [0.15, 0.2) is 0 Å². The van der Waals surface area contributed by atoms with Gasteiger partial charge < -0.3 is 5.11 Å². The van der Waals surface area contributed by atoms with Crippen molar-refractivity contribution in [3.63, 3.8) is 0 Å². The molecular formula is C12H24O. The molecule has 13 heavy (non-hydrogen) atoms. The summed E-state index contributed by atoms with van der Waals surface area (Å²) >= 11 is 0. The zero-order valence-electron chi connectivity index (χ0n) is 9.51. The van der Waals surface area contributed by atoms with Gasteiger partial charge in [0.1, 0.15) is 0 Å². The number of aliphatic hydroxyl groups is 1. The first-order valence-corrected chi connectivity index (χ1v) is 5.63. The highest BCUT2D eigenvalue weighted by Crippen LogP contribution is 2.47. The smallest absolute Gasteiger partial charge is 0.0467 e. The van der Waals surface area contributed by atoms with Crippen molar-refractivity contribution in [2.75, 3.05) is 6.61 Å². The van der Waals surface area contributed by atoms with Crippen molar-refractivity contribution in [3.8, 4) is 0 Å². The van der Waals surface area contributed by atoms with E-state index in [9.17, 15) is 5.11 Å². The van der Waals surface area contributed by atoms with Gasteiger partial charge in [-0.1, -0.05) is 34.1 Å². The molecule has 78 valence electrons. The van der Waals surface area contributed by atoms with Crippen molar-refractivity contribution in [3.05, 3.63) is 0 Å². The van der Waals surface area contributed by atoms with Crippen LogP contribution in [0.25, 0.3) is 0 Å². The molecule has 0 radical (unpaired) electrons. The normalized spacial score (nSPS) is 39.0. The van der Waals surface area contributed by atoms with E-state index >= 15 is 0 Å². The lowest BCUT2D eigenvalue weighted by Gasteiger charge is -2.46. The highest BCUT2D eigenvalue weighted by Gasteiger charge is 2.40. The SMILES string of the molecule is CCC1C(C)CCC(C)(C)C1CO. The molecule has 0 amide bonds. The Morgan fingerprint density at radius 3 is 2.38 bits per heavy atom. The summed E-state index contributed by atoms with van der Waals surface area (Å²) in [5.41, 5.74) is 0.349. The van der Waals surface area contributed by atoms with Gasteiger partial charge in [-0.25, -0.2) is 0 Å². The Kier molecular flexibility index (Phi) is 3.39. The summed E-state index contributed by atoms with van der Waals surface area (Å²) in [6, 6.07) is 0. The highest BCUT2D eigenvalue weighted by atomic mass is 16.3. The monoisotopic (exact) mass is 184 g/mol. The quantitative estimate of drug-likeness (QED) is 0.699. The molecule has 1 saturated carbocycles. The molecule has 3 unspecified atom stereocenters. The van der Waals surface area contributed by atoms with Gasteiger partial charge in [0, 0.05) is 6.61 Å². The van der Waals surface area contributed by atoms with Crippen LogP contribution in [0.5, 0.6) is 0 Å². The van der Waals surface area contributed by atoms with E-state index in [4.69, 9.17) is 0 Å². The lowest BCUT2D eigenvalue weighted by atomic mass is 9.60. The van der Waals surface area contributed by atoms with E-state index in [1.54, 1.807) is 0 Å². The molecule has 0 aromatic rings. The average Bonchev–Trinajstić information content (AvgIpc) is 2.08. The maximum absolute atomic E-state index is 9.45. The van der Waals surface area contributed by atoms with E-state index in [2.05, 4.69) is 27.7 Å². The second-order valence-electron chi connectivity index (χ2n) is 5.37. The van der Waals surface area contributed by atoms with E-state index in [-0.39, 0.29) is 0 Å². The zero-order valence-corrected chi connectivity index (χ0v) is 9.51. The van der Waals surface area contributed by atoms with E-state index < -0.39 is 0 Å². The summed E-state index contributed by atoms with van der Waals surface area (Å²) in [6.07, 6.45) is 3.83. The first-order valence-electron chi connectivity index (χ1n) is 5.63. The number of hydrogen-bond acceptors (Lipinski definition) is 1. The first kappa shape index (κ1) is 11.0. The van der Waals surface area contributed by atoms with Crippen LogP contribution in [-0.2, 0) is 0 Å². The van der Waals surface area contributed by atoms with Crippen molar-refractivity contribution >= 4 is 0 Å². The lowest BCUT2D eigenvalue weighted by molar-refractivity contribution is -0.00598. The Bertz CT molecular complexity index is 163. The molecule has 0 aromatic heterocycles. The van der Waals surface area contributed by atoms with Crippen molar-refractivity contribution in [2.45, 2.75) is 47.0 Å². The molecule has 1 heteroatoms. The Hall–Kier alpha value is -0.0400. The van der Waals surface area contributed by atoms with Gasteiger partial charge in [-0.3, -0.25) is 0 Å². The van der Waals surface area contributed by atoms with Crippen molar-refractivity contribution in [1.82, 2.24) is 0 Å². The Morgan fingerprint density at radius 2 is 2.00 bits per heavy atom. The molecule has 1 rings (SSSR count). The molecule has 1 fully saturated rings. The number of hydrogen-bond donors (Lipinski definition) is 1. The van der Waals surface area contributed by atoms with E-state index in [0.29, 0.717) is 17.9 Å². The minimum Gasteiger partial charge on any atom is -0.396 e. The highest BCUT2D eigenvalue weighted by molar-refractivity contribution is 4.90. The van der Waals surface area contributed by atoms with Crippen LogP contribution >= 0.6 is 0 Å². The van der Waals surface area contributed by atoms with E-state index in [0.717, 1.165) is 11.8 Å². The molecular weight excluding hydrogens is 160 g/mol. The standard InChI is InChI=1S/C12H24O/c1-5-10-9(2)6-7-12(3,4)11(10)8-13/h9-11,13H,5-8H2,1-4H3. The predicted molar refractivity (Wildman–Crippen MR) is 56.5 cm³/mol. The van der Waals surface area contributed by atoms with Gasteiger partial charge in [0.2, 0.25) is 0 Å². The molecule has 1 aliphatic rings. The van der Waals surface area contributed by atoms with Crippen LogP contribution in [0.3, 0.4) is 0 Å². The summed E-state index contributed by atoms with van der Waals surface area (Å²) in [6.45, 7) is 9.58. The van der Waals surface area contributed by atoms with E-state index in [1.807, 2.05) is 0 Å². The van der Waals surface area contributed by atoms with Crippen LogP contribution in [0.15, 0.2) is 0 Å². The van der Waals surface area contributed by atoms with Gasteiger partial charge >= 0.3 is 0 Å². The molecule has 0 bridgehead atoms. The molecule has 0 aliphatic heterocycles. The van der Waals surface area contributed by atoms with Crippen LogP contribution in [0, 0.1) is 23.2 Å². The molecule has 0 saturated heterocycles. The average molecular weight is 184 g/mol. The predicted octanol–water partition coefficient (Wildman–Crippen LogP) is 3.08. The summed E-state index contributed by atoms with van der Waals surface area (Å²) in [4.78, 5) is 0. The van der Waals surface area contributed by atoms with Crippen LogP contribution in [-0.4, -0.2) is 11.7 Å². The Labute approximate surface area is 82.5 Å². The molecule has 0 aromatic carbocycles. The van der Waals surface area contributed by atoms with Gasteiger partial charge in [0.05, 0.1) is 0 Å². The first-order chi connectivity index (χ1) is 6.03. The third kappa shape index (κ3) is 2.07. The fraction of sp³-hybridized carbons (Fsp3) is 1.00. The van der Waals surface area contributed by atoms with Gasteiger partial charge in [-0.05, 0) is 36.0 Å². The molecule has 3 atom stereocenters. The lowest BCUT2D eigenvalue weighted by Crippen LogP contribution is -2.40. The van der Waals surface area contributed by atoms with Crippen molar-refractivity contribution < 1.29 is 5.11 Å². The van der Waals surface area contributed by atoms with Gasteiger partial charge in [0.25, 0.3) is 0 Å². The number of rotatable bonds is 2. The zero-order chi connectivity index (χ0) is 10.1. The maximum atomic E-state index is 9.45. The summed E-state index contributed by atoms with van der Waals surface area (Å²) < 4.78 is 0. The Morgan fingerprint density at radius 1 is 1.38 bits per heavy atom. The largest absolute Gasteiger partial charge is 0.396 e. The van der Waals surface area contributed by atoms with Crippen LogP contribution in [0.1, 0.15) is 47.0 Å².